The summed E-state index contributed by atoms with van der Waals surface area (Å²) in [5.41, 5.74) is 5.65. The van der Waals surface area contributed by atoms with E-state index in [0.717, 1.165) is 0 Å². The number of nitrogens with one attached hydrogen (secondary N) is 2. The molecule has 1 atom stereocenters. The summed E-state index contributed by atoms with van der Waals surface area (Å²) in [5.74, 6) is -0.162. The van der Waals surface area contributed by atoms with Gasteiger partial charge in [-0.25, -0.2) is 0 Å². The molecule has 0 bridgehead atoms. The van der Waals surface area contributed by atoms with Crippen LogP contribution in [0.2, 0.25) is 0 Å². The van der Waals surface area contributed by atoms with Gasteiger partial charge >= 0.3 is 0 Å². The van der Waals surface area contributed by atoms with Crippen molar-refractivity contribution in [2.75, 3.05) is 6.54 Å². The Morgan fingerprint density at radius 1 is 1.18 bits per heavy atom. The Labute approximate surface area is 109 Å². The molecule has 0 aromatic rings. The summed E-state index contributed by atoms with van der Waals surface area (Å²) in [5, 5.41) is 5.39. The fourth-order valence-electron chi connectivity index (χ4n) is 1.11. The van der Waals surface area contributed by atoms with Gasteiger partial charge in [0.05, 0.1) is 6.04 Å². The van der Waals surface area contributed by atoms with Crippen LogP contribution in [0.5, 0.6) is 0 Å². The maximum Gasteiger partial charge on any atom is 0.237 e. The van der Waals surface area contributed by atoms with Gasteiger partial charge in [-0.15, -0.1) is 12.4 Å². The number of halogens is 1. The predicted octanol–water partition coefficient (Wildman–Crippen LogP) is 0.422. The van der Waals surface area contributed by atoms with Crippen LogP contribution in [0.3, 0.4) is 0 Å². The van der Waals surface area contributed by atoms with E-state index >= 15 is 0 Å². The number of rotatable bonds is 6. The van der Waals surface area contributed by atoms with Crippen LogP contribution in [0.1, 0.15) is 34.1 Å². The first kappa shape index (κ1) is 18.6. The van der Waals surface area contributed by atoms with E-state index in [1.807, 2.05) is 27.7 Å². The zero-order valence-corrected chi connectivity index (χ0v) is 11.8. The number of carbonyl (C=O) groups excluding carboxylic acids is 2. The Morgan fingerprint density at radius 2 is 1.71 bits per heavy atom. The average Bonchev–Trinajstić information content (AvgIpc) is 2.14. The third kappa shape index (κ3) is 8.94. The Balaban J connectivity index is 0. The second-order valence-electron chi connectivity index (χ2n) is 4.53. The number of carbonyl (C=O) groups is 2. The van der Waals surface area contributed by atoms with Crippen molar-refractivity contribution in [3.8, 4) is 0 Å². The molecule has 5 nitrogen and oxygen atoms in total. The van der Waals surface area contributed by atoms with Crippen LogP contribution >= 0.6 is 12.4 Å². The summed E-state index contributed by atoms with van der Waals surface area (Å²) < 4.78 is 0. The van der Waals surface area contributed by atoms with Crippen LogP contribution in [0.25, 0.3) is 0 Å². The molecule has 0 aromatic carbocycles. The summed E-state index contributed by atoms with van der Waals surface area (Å²) in [6.45, 7) is 7.89. The second-order valence-corrected chi connectivity index (χ2v) is 4.53. The van der Waals surface area contributed by atoms with Crippen molar-refractivity contribution in [3.63, 3.8) is 0 Å². The van der Waals surface area contributed by atoms with E-state index in [2.05, 4.69) is 10.6 Å². The van der Waals surface area contributed by atoms with Crippen LogP contribution in [-0.2, 0) is 9.59 Å². The molecule has 0 aromatic heterocycles. The van der Waals surface area contributed by atoms with Crippen molar-refractivity contribution in [3.05, 3.63) is 0 Å². The maximum atomic E-state index is 11.4. The normalized spacial score (nSPS) is 11.9. The Kier molecular flexibility index (Phi) is 10.1. The first-order valence-electron chi connectivity index (χ1n) is 5.67. The SMILES string of the molecule is CC(C)NC(=O)CCNC(=O)[C@@H](N)C(C)C.Cl. The molecular formula is C11H24ClN3O2. The highest BCUT2D eigenvalue weighted by molar-refractivity contribution is 5.85. The Bertz CT molecular complexity index is 245. The van der Waals surface area contributed by atoms with Crippen molar-refractivity contribution >= 4 is 24.2 Å². The minimum absolute atomic E-state index is 0. The largest absolute Gasteiger partial charge is 0.354 e. The molecular weight excluding hydrogens is 242 g/mol. The molecule has 0 unspecified atom stereocenters. The van der Waals surface area contributed by atoms with Gasteiger partial charge < -0.3 is 16.4 Å². The molecule has 17 heavy (non-hydrogen) atoms. The average molecular weight is 266 g/mol. The van der Waals surface area contributed by atoms with E-state index < -0.39 is 6.04 Å². The van der Waals surface area contributed by atoms with E-state index in [9.17, 15) is 9.59 Å². The van der Waals surface area contributed by atoms with Gasteiger partial charge in [0.15, 0.2) is 0 Å². The van der Waals surface area contributed by atoms with Crippen LogP contribution in [0, 0.1) is 5.92 Å². The van der Waals surface area contributed by atoms with E-state index in [1.165, 1.54) is 0 Å². The van der Waals surface area contributed by atoms with Gasteiger partial charge in [-0.2, -0.15) is 0 Å². The zero-order valence-electron chi connectivity index (χ0n) is 10.9. The van der Waals surface area contributed by atoms with Gasteiger partial charge in [-0.05, 0) is 19.8 Å². The first-order chi connectivity index (χ1) is 7.34. The lowest BCUT2D eigenvalue weighted by Gasteiger charge is -2.15. The van der Waals surface area contributed by atoms with Crippen molar-refractivity contribution in [2.24, 2.45) is 11.7 Å². The summed E-state index contributed by atoms with van der Waals surface area (Å²) in [4.78, 5) is 22.7. The van der Waals surface area contributed by atoms with Crippen LogP contribution in [0.15, 0.2) is 0 Å². The van der Waals surface area contributed by atoms with E-state index in [4.69, 9.17) is 5.73 Å². The zero-order chi connectivity index (χ0) is 12.7. The first-order valence-corrected chi connectivity index (χ1v) is 5.67. The molecule has 102 valence electrons. The number of hydrogen-bond donors (Lipinski definition) is 3. The van der Waals surface area contributed by atoms with Gasteiger partial charge in [0.2, 0.25) is 11.8 Å². The third-order valence-corrected chi connectivity index (χ3v) is 2.12. The number of amides is 2. The van der Waals surface area contributed by atoms with Crippen molar-refractivity contribution in [1.29, 1.82) is 0 Å². The molecule has 0 saturated carbocycles. The number of hydrogen-bond acceptors (Lipinski definition) is 3. The molecule has 0 radical (unpaired) electrons. The lowest BCUT2D eigenvalue weighted by Crippen LogP contribution is -2.45. The quantitative estimate of drug-likeness (QED) is 0.651. The standard InChI is InChI=1S/C11H23N3O2.ClH/c1-7(2)10(12)11(16)13-6-5-9(15)14-8(3)4;/h7-8,10H,5-6,12H2,1-4H3,(H,13,16)(H,14,15);1H/t10-;/m0./s1. The molecule has 2 amide bonds. The third-order valence-electron chi connectivity index (χ3n) is 2.12. The highest BCUT2D eigenvalue weighted by atomic mass is 35.5. The smallest absolute Gasteiger partial charge is 0.237 e. The van der Waals surface area contributed by atoms with Gasteiger partial charge in [-0.3, -0.25) is 9.59 Å². The number of nitrogens with two attached hydrogens (primary N) is 1. The summed E-state index contributed by atoms with van der Waals surface area (Å²) in [7, 11) is 0. The van der Waals surface area contributed by atoms with Gasteiger partial charge in [0, 0.05) is 19.0 Å². The van der Waals surface area contributed by atoms with Crippen LogP contribution in [-0.4, -0.2) is 30.4 Å². The highest BCUT2D eigenvalue weighted by Gasteiger charge is 2.16. The molecule has 0 fully saturated rings. The Hall–Kier alpha value is -0.810. The summed E-state index contributed by atoms with van der Waals surface area (Å²) >= 11 is 0. The molecule has 0 heterocycles. The molecule has 0 aliphatic rings. The maximum absolute atomic E-state index is 11.4. The van der Waals surface area contributed by atoms with E-state index in [0.29, 0.717) is 6.54 Å². The van der Waals surface area contributed by atoms with Crippen molar-refractivity contribution in [1.82, 2.24) is 10.6 Å². The second kappa shape index (κ2) is 9.24. The molecule has 0 spiro atoms. The van der Waals surface area contributed by atoms with Gasteiger partial charge in [-0.1, -0.05) is 13.8 Å². The minimum Gasteiger partial charge on any atom is -0.354 e. The summed E-state index contributed by atoms with van der Waals surface area (Å²) in [6, 6.07) is -0.380. The lowest BCUT2D eigenvalue weighted by atomic mass is 10.1. The molecule has 4 N–H and O–H groups in total. The minimum atomic E-state index is -0.506. The fraction of sp³-hybridized carbons (Fsp3) is 0.818. The highest BCUT2D eigenvalue weighted by Crippen LogP contribution is 1.97. The van der Waals surface area contributed by atoms with Gasteiger partial charge in [0.1, 0.15) is 0 Å². The Morgan fingerprint density at radius 3 is 2.12 bits per heavy atom. The summed E-state index contributed by atoms with van der Waals surface area (Å²) in [6.07, 6.45) is 0.286. The predicted molar refractivity (Wildman–Crippen MR) is 71.0 cm³/mol. The fourth-order valence-corrected chi connectivity index (χ4v) is 1.11. The monoisotopic (exact) mass is 265 g/mol. The molecule has 6 heteroatoms. The van der Waals surface area contributed by atoms with Crippen LogP contribution in [0.4, 0.5) is 0 Å². The van der Waals surface area contributed by atoms with Crippen LogP contribution < -0.4 is 16.4 Å². The molecule has 0 rings (SSSR count). The van der Waals surface area contributed by atoms with E-state index in [1.54, 1.807) is 0 Å². The van der Waals surface area contributed by atoms with Gasteiger partial charge in [0.25, 0.3) is 0 Å². The molecule has 0 saturated heterocycles. The molecule has 0 aliphatic carbocycles. The topological polar surface area (TPSA) is 84.2 Å². The molecule has 0 aliphatic heterocycles. The van der Waals surface area contributed by atoms with E-state index in [-0.39, 0.29) is 42.6 Å². The lowest BCUT2D eigenvalue weighted by molar-refractivity contribution is -0.123. The van der Waals surface area contributed by atoms with Crippen molar-refractivity contribution in [2.45, 2.75) is 46.2 Å². The van der Waals surface area contributed by atoms with Crippen molar-refractivity contribution < 1.29 is 9.59 Å².